The van der Waals surface area contributed by atoms with Crippen LogP contribution >= 0.6 is 15.9 Å². The maximum absolute atomic E-state index is 12.0. The molecule has 1 fully saturated rings. The van der Waals surface area contributed by atoms with Crippen LogP contribution in [0, 0.1) is 5.92 Å². The fourth-order valence-corrected chi connectivity index (χ4v) is 2.70. The minimum absolute atomic E-state index is 0.0690. The van der Waals surface area contributed by atoms with Crippen LogP contribution in [-0.4, -0.2) is 43.9 Å². The molecule has 0 saturated carbocycles. The SMILES string of the molecule is COc1ccc(Br)cc1CC(=O)NCC1CNCC1O. The molecule has 0 aromatic heterocycles. The van der Waals surface area contributed by atoms with Gasteiger partial charge in [-0.15, -0.1) is 0 Å². The average Bonchev–Trinajstić information content (AvgIpc) is 2.82. The van der Waals surface area contributed by atoms with Crippen molar-refractivity contribution in [1.29, 1.82) is 0 Å². The smallest absolute Gasteiger partial charge is 0.224 e. The van der Waals surface area contributed by atoms with Crippen LogP contribution in [0.1, 0.15) is 5.56 Å². The Morgan fingerprint density at radius 2 is 2.35 bits per heavy atom. The quantitative estimate of drug-likeness (QED) is 0.736. The highest BCUT2D eigenvalue weighted by Gasteiger charge is 2.25. The molecule has 1 aromatic rings. The normalized spacial score (nSPS) is 21.8. The van der Waals surface area contributed by atoms with Crippen LogP contribution in [0.2, 0.25) is 0 Å². The third kappa shape index (κ3) is 3.94. The van der Waals surface area contributed by atoms with E-state index in [1.165, 1.54) is 0 Å². The van der Waals surface area contributed by atoms with E-state index in [4.69, 9.17) is 4.74 Å². The summed E-state index contributed by atoms with van der Waals surface area (Å²) in [6, 6.07) is 5.59. The first kappa shape index (κ1) is 15.3. The van der Waals surface area contributed by atoms with Crippen molar-refractivity contribution in [2.75, 3.05) is 26.7 Å². The number of hydrogen-bond donors (Lipinski definition) is 3. The number of rotatable bonds is 5. The van der Waals surface area contributed by atoms with E-state index < -0.39 is 0 Å². The highest BCUT2D eigenvalue weighted by molar-refractivity contribution is 9.10. The van der Waals surface area contributed by atoms with E-state index in [-0.39, 0.29) is 24.3 Å². The summed E-state index contributed by atoms with van der Waals surface area (Å²) in [5.74, 6) is 0.717. The van der Waals surface area contributed by atoms with Gasteiger partial charge in [-0.1, -0.05) is 15.9 Å². The second-order valence-electron chi connectivity index (χ2n) is 4.92. The Labute approximate surface area is 126 Å². The highest BCUT2D eigenvalue weighted by Crippen LogP contribution is 2.23. The topological polar surface area (TPSA) is 70.6 Å². The number of methoxy groups -OCH3 is 1. The molecule has 1 aliphatic heterocycles. The lowest BCUT2D eigenvalue weighted by atomic mass is 10.1. The van der Waals surface area contributed by atoms with E-state index >= 15 is 0 Å². The molecule has 2 rings (SSSR count). The Kier molecular flexibility index (Phi) is 5.39. The number of amides is 1. The molecular formula is C14H19BrN2O3. The van der Waals surface area contributed by atoms with Gasteiger partial charge in [0.05, 0.1) is 19.6 Å². The third-order valence-electron chi connectivity index (χ3n) is 3.46. The number of carbonyl (C=O) groups is 1. The van der Waals surface area contributed by atoms with Gasteiger partial charge < -0.3 is 20.5 Å². The molecule has 1 aliphatic rings. The van der Waals surface area contributed by atoms with Crippen LogP contribution in [-0.2, 0) is 11.2 Å². The number of ether oxygens (including phenoxy) is 1. The standard InChI is InChI=1S/C14H19BrN2O3/c1-20-13-3-2-11(15)4-9(13)5-14(19)17-7-10-6-16-8-12(10)18/h2-4,10,12,16,18H,5-8H2,1H3,(H,17,19). The van der Waals surface area contributed by atoms with Gasteiger partial charge in [0.1, 0.15) is 5.75 Å². The van der Waals surface area contributed by atoms with Gasteiger partial charge in [0.15, 0.2) is 0 Å². The van der Waals surface area contributed by atoms with Crippen molar-refractivity contribution in [3.8, 4) is 5.75 Å². The summed E-state index contributed by atoms with van der Waals surface area (Å²) in [7, 11) is 1.59. The van der Waals surface area contributed by atoms with Gasteiger partial charge in [-0.25, -0.2) is 0 Å². The molecule has 5 nitrogen and oxygen atoms in total. The molecule has 110 valence electrons. The molecule has 2 unspecified atom stereocenters. The van der Waals surface area contributed by atoms with Crippen LogP contribution < -0.4 is 15.4 Å². The zero-order valence-electron chi connectivity index (χ0n) is 11.4. The highest BCUT2D eigenvalue weighted by atomic mass is 79.9. The predicted octanol–water partition coefficient (Wildman–Crippen LogP) is 0.697. The second-order valence-corrected chi connectivity index (χ2v) is 5.84. The van der Waals surface area contributed by atoms with Gasteiger partial charge in [-0.3, -0.25) is 4.79 Å². The zero-order chi connectivity index (χ0) is 14.5. The number of nitrogens with one attached hydrogen (secondary N) is 2. The number of carbonyl (C=O) groups excluding carboxylic acids is 1. The zero-order valence-corrected chi connectivity index (χ0v) is 12.9. The fourth-order valence-electron chi connectivity index (χ4n) is 2.29. The monoisotopic (exact) mass is 342 g/mol. The Balaban J connectivity index is 1.89. The summed E-state index contributed by atoms with van der Waals surface area (Å²) < 4.78 is 6.16. The van der Waals surface area contributed by atoms with E-state index in [0.29, 0.717) is 18.8 Å². The number of aliphatic hydroxyl groups excluding tert-OH is 1. The molecule has 3 N–H and O–H groups in total. The molecule has 20 heavy (non-hydrogen) atoms. The van der Waals surface area contributed by atoms with Crippen molar-refractivity contribution in [3.63, 3.8) is 0 Å². The van der Waals surface area contributed by atoms with Crippen LogP contribution in [0.5, 0.6) is 5.75 Å². The van der Waals surface area contributed by atoms with E-state index in [9.17, 15) is 9.90 Å². The molecule has 0 spiro atoms. The molecule has 1 amide bonds. The lowest BCUT2D eigenvalue weighted by Crippen LogP contribution is -2.35. The minimum atomic E-state index is -0.379. The van der Waals surface area contributed by atoms with Crippen molar-refractivity contribution in [2.45, 2.75) is 12.5 Å². The Hall–Kier alpha value is -1.11. The van der Waals surface area contributed by atoms with Gasteiger partial charge in [-0.05, 0) is 18.2 Å². The van der Waals surface area contributed by atoms with E-state index in [1.54, 1.807) is 7.11 Å². The summed E-state index contributed by atoms with van der Waals surface area (Å²) in [4.78, 5) is 12.0. The van der Waals surface area contributed by atoms with Crippen molar-refractivity contribution < 1.29 is 14.6 Å². The first-order valence-electron chi connectivity index (χ1n) is 6.58. The number of halogens is 1. The molecule has 6 heteroatoms. The van der Waals surface area contributed by atoms with Crippen LogP contribution in [0.15, 0.2) is 22.7 Å². The van der Waals surface area contributed by atoms with Crippen molar-refractivity contribution in [1.82, 2.24) is 10.6 Å². The lowest BCUT2D eigenvalue weighted by Gasteiger charge is -2.14. The summed E-state index contributed by atoms with van der Waals surface area (Å²) in [5, 5.41) is 15.6. The van der Waals surface area contributed by atoms with Gasteiger partial charge in [0.25, 0.3) is 0 Å². The van der Waals surface area contributed by atoms with Crippen LogP contribution in [0.25, 0.3) is 0 Å². The summed E-state index contributed by atoms with van der Waals surface area (Å²) in [6.07, 6.45) is -0.116. The first-order valence-corrected chi connectivity index (χ1v) is 7.37. The third-order valence-corrected chi connectivity index (χ3v) is 3.95. The molecule has 0 aliphatic carbocycles. The number of benzene rings is 1. The van der Waals surface area contributed by atoms with E-state index in [0.717, 1.165) is 16.6 Å². The van der Waals surface area contributed by atoms with Crippen molar-refractivity contribution in [3.05, 3.63) is 28.2 Å². The van der Waals surface area contributed by atoms with E-state index in [2.05, 4.69) is 26.6 Å². The number of hydrogen-bond acceptors (Lipinski definition) is 4. The van der Waals surface area contributed by atoms with Crippen molar-refractivity contribution >= 4 is 21.8 Å². The first-order chi connectivity index (χ1) is 9.60. The maximum Gasteiger partial charge on any atom is 0.224 e. The predicted molar refractivity (Wildman–Crippen MR) is 79.8 cm³/mol. The van der Waals surface area contributed by atoms with Gasteiger partial charge in [0.2, 0.25) is 5.91 Å². The molecule has 2 atom stereocenters. The lowest BCUT2D eigenvalue weighted by molar-refractivity contribution is -0.120. The summed E-state index contributed by atoms with van der Waals surface area (Å²) in [5.41, 5.74) is 0.837. The van der Waals surface area contributed by atoms with Crippen molar-refractivity contribution in [2.24, 2.45) is 5.92 Å². The number of β-amino-alcohol motifs (C(OH)–C–C–N with tert-alkyl or cyclic N) is 1. The fraction of sp³-hybridized carbons (Fsp3) is 0.500. The second kappa shape index (κ2) is 7.06. The molecule has 1 aromatic carbocycles. The maximum atomic E-state index is 12.0. The molecule has 0 radical (unpaired) electrons. The summed E-state index contributed by atoms with van der Waals surface area (Å²) >= 11 is 3.39. The van der Waals surface area contributed by atoms with Crippen LogP contribution in [0.4, 0.5) is 0 Å². The van der Waals surface area contributed by atoms with Gasteiger partial charge in [-0.2, -0.15) is 0 Å². The Morgan fingerprint density at radius 3 is 3.00 bits per heavy atom. The largest absolute Gasteiger partial charge is 0.496 e. The Morgan fingerprint density at radius 1 is 1.55 bits per heavy atom. The Bertz CT molecular complexity index is 481. The van der Waals surface area contributed by atoms with Gasteiger partial charge >= 0.3 is 0 Å². The molecular weight excluding hydrogens is 324 g/mol. The van der Waals surface area contributed by atoms with Gasteiger partial charge in [0, 0.05) is 35.6 Å². The average molecular weight is 343 g/mol. The molecule has 0 bridgehead atoms. The summed E-state index contributed by atoms with van der Waals surface area (Å²) in [6.45, 7) is 1.82. The van der Waals surface area contributed by atoms with E-state index in [1.807, 2.05) is 18.2 Å². The minimum Gasteiger partial charge on any atom is -0.496 e. The molecule has 1 saturated heterocycles. The molecule has 1 heterocycles. The number of aliphatic hydroxyl groups is 1. The van der Waals surface area contributed by atoms with Crippen LogP contribution in [0.3, 0.4) is 0 Å².